The molecule has 51 heteroatoms. The van der Waals surface area contributed by atoms with E-state index >= 15 is 0 Å². The van der Waals surface area contributed by atoms with Crippen molar-refractivity contribution in [1.29, 1.82) is 0 Å². The van der Waals surface area contributed by atoms with Crippen LogP contribution in [0, 0.1) is 0 Å². The van der Waals surface area contributed by atoms with Gasteiger partial charge < -0.3 is 4.55 Å². The third-order valence-electron chi connectivity index (χ3n) is 8.78. The zero-order chi connectivity index (χ0) is 61.8. The maximum Gasteiger partial charge on any atom is 0.267 e. The Labute approximate surface area is 657 Å². The van der Waals surface area contributed by atoms with Gasteiger partial charge in [0.05, 0.1) is 11.4 Å². The Morgan fingerprint density at radius 2 is 0.284 bits per heavy atom. The van der Waals surface area contributed by atoms with Gasteiger partial charge in [0.2, 0.25) is 12.5 Å². The molecule has 0 aromatic carbocycles. The maximum absolute atomic E-state index is 11.3. The molecule has 1 unspecified atom stereocenters. The molecule has 0 radical (unpaired) electrons. The minimum absolute atomic E-state index is 2.94. The summed E-state index contributed by atoms with van der Waals surface area (Å²) in [5, 5.41) is 0. The Bertz CT molecular complexity index is 2070. The summed E-state index contributed by atoms with van der Waals surface area (Å²) in [5.41, 5.74) is 0. The summed E-state index contributed by atoms with van der Waals surface area (Å²) in [6.07, 6.45) is 0. The van der Waals surface area contributed by atoms with Crippen LogP contribution in [0.5, 0.6) is 0 Å². The molecule has 0 rings (SSSR count). The zero-order valence-corrected chi connectivity index (χ0v) is 67.2. The number of halogens is 47. The summed E-state index contributed by atoms with van der Waals surface area (Å²) >= 11 is 299. The number of rotatable bonds is 23. The number of hydrogen-bond donors (Lipinski definition) is 0. The Kier molecular flexibility index (Phi) is 31.1. The summed E-state index contributed by atoms with van der Waals surface area (Å²) in [7, 11) is 0. The molecule has 0 aliphatic heterocycles. The highest BCUT2D eigenvalue weighted by atomic mass is 35.6. The molecule has 0 bridgehead atoms. The minimum Gasteiger partial charge on any atom is -0.750 e. The van der Waals surface area contributed by atoms with Crippen LogP contribution < -0.4 is 0 Å². The predicted molar refractivity (Wildman–Crippen MR) is 348 cm³/mol. The zero-order valence-electron chi connectivity index (χ0n) is 30.9. The van der Waals surface area contributed by atoms with E-state index in [0.717, 1.165) is 0 Å². The van der Waals surface area contributed by atoms with Gasteiger partial charge in [0, 0.05) is 0 Å². The van der Waals surface area contributed by atoms with Crippen LogP contribution >= 0.6 is 545 Å². The van der Waals surface area contributed by atoms with Gasteiger partial charge in [-0.1, -0.05) is 545 Å². The highest BCUT2D eigenvalue weighted by Gasteiger charge is 2.90. The van der Waals surface area contributed by atoms with Gasteiger partial charge in [-0.15, -0.1) is 0 Å². The molecular weight excluding hydrogens is 2020 g/mol. The van der Waals surface area contributed by atoms with Gasteiger partial charge in [-0.3, -0.25) is 4.18 Å². The SMILES string of the molecule is O=S([O-])OC(Cl)(Cl)C(Cl)(Cl)C(Cl)(Cl)C(Cl)(Cl)C(Cl)(Cl)C(Cl)(Cl)C(Cl)(Cl)C(Cl)(Cl)C(Cl)(Cl)C(Cl)(Cl)C(Cl)(Cl)C(Cl)(Cl)C(Cl)(Cl)C(Cl)(Cl)C(Cl)(Cl)C(Cl)(Cl)C(Cl)(Cl)C(Cl)(Cl)C(Cl)(Cl)C(Cl)(Cl)C(Cl)(Cl)C(Cl)(Cl)C(Cl)(Cl)Cl. The fourth-order valence-electron chi connectivity index (χ4n) is 4.24. The molecule has 446 valence electrons. The quantitative estimate of drug-likeness (QED) is 0.0757. The van der Waals surface area contributed by atoms with Gasteiger partial charge in [-0.2, -0.15) is 0 Å². The third-order valence-corrected chi connectivity index (χ3v) is 43.4. The van der Waals surface area contributed by atoms with Crippen molar-refractivity contribution in [3.05, 3.63) is 0 Å². The summed E-state index contributed by atoms with van der Waals surface area (Å²) in [5.74, 6) is 0. The number of hydrogen-bond acceptors (Lipinski definition) is 3. The lowest BCUT2D eigenvalue weighted by atomic mass is 9.95. The lowest BCUT2D eigenvalue weighted by Crippen LogP contribution is -2.77. The van der Waals surface area contributed by atoms with E-state index in [1.165, 1.54) is 0 Å². The van der Waals surface area contributed by atoms with Crippen LogP contribution in [0.2, 0.25) is 0 Å². The van der Waals surface area contributed by atoms with Crippen LogP contribution in [0.1, 0.15) is 0 Å². The van der Waals surface area contributed by atoms with Gasteiger partial charge in [-0.25, -0.2) is 4.21 Å². The first-order chi connectivity index (χ1) is 30.9. The van der Waals surface area contributed by atoms with Gasteiger partial charge in [0.25, 0.3) is 4.52 Å². The summed E-state index contributed by atoms with van der Waals surface area (Å²) in [4.78, 5) is 0. The molecule has 0 aromatic rings. The summed E-state index contributed by atoms with van der Waals surface area (Å²) in [6, 6.07) is 0. The monoisotopic (exact) mass is 2000 g/mol. The van der Waals surface area contributed by atoms with Crippen molar-refractivity contribution in [2.24, 2.45) is 0 Å². The molecule has 0 spiro atoms. The molecule has 0 heterocycles. The molecule has 0 aliphatic carbocycles. The highest BCUT2D eigenvalue weighted by molar-refractivity contribution is 7.74. The molecule has 0 aromatic heterocycles. The Morgan fingerprint density at radius 1 is 0.189 bits per heavy atom. The Hall–Kier alpha value is 13.7. The van der Waals surface area contributed by atoms with Crippen LogP contribution in [0.3, 0.4) is 0 Å². The fraction of sp³-hybridized carbons (Fsp3) is 1.00. The first-order valence-corrected chi connectivity index (χ1v) is 33.9. The second-order valence-corrected chi connectivity index (χ2v) is 45.4. The average molecular weight is 2020 g/mol. The first-order valence-electron chi connectivity index (χ1n) is 15.1. The van der Waals surface area contributed by atoms with Gasteiger partial charge in [-0.05, 0) is 0 Å². The van der Waals surface area contributed by atoms with Crippen molar-refractivity contribution in [3.63, 3.8) is 0 Å². The molecule has 3 nitrogen and oxygen atoms in total. The predicted octanol–water partition coefficient (Wildman–Crippen LogP) is 27.0. The number of alkyl halides is 47. The van der Waals surface area contributed by atoms with E-state index in [-0.39, 0.29) is 0 Å². The van der Waals surface area contributed by atoms with Gasteiger partial charge in [0.15, 0.2) is 82.3 Å². The molecule has 0 aliphatic rings. The maximum atomic E-state index is 11.3. The molecule has 0 amide bonds. The largest absolute Gasteiger partial charge is 0.750 e. The standard InChI is InChI=1S/C23HCl47O3S/c24-1(25,2(26,27)4(30,31)6(34,35)8(38,39)10(42,43)12(46,47)14(50,51)16(54,55)18(58,59)20(62,63)22(66,67)68)3(28,29)5(32,33)7(36,37)9(40,41)11(44,45)13(48,49)15(52,53)17(56,57)19(60,61)21(64,65)23(69,70)73-74(71)72/h(H,71,72)/p-1. The van der Waals surface area contributed by atoms with E-state index in [1.54, 1.807) is 0 Å². The van der Waals surface area contributed by atoms with Crippen molar-refractivity contribution >= 4 is 557 Å². The third kappa shape index (κ3) is 13.1. The van der Waals surface area contributed by atoms with E-state index in [2.05, 4.69) is 4.18 Å². The Balaban J connectivity index is 8.15. The van der Waals surface area contributed by atoms with Crippen LogP contribution in [0.25, 0.3) is 0 Å². The van der Waals surface area contributed by atoms with Crippen molar-refractivity contribution in [1.82, 2.24) is 0 Å². The molecule has 0 saturated heterocycles. The Morgan fingerprint density at radius 3 is 0.378 bits per heavy atom. The molecule has 0 fully saturated rings. The smallest absolute Gasteiger partial charge is 0.267 e. The average Bonchev–Trinajstić information content (AvgIpc) is 3.15. The van der Waals surface area contributed by atoms with Crippen molar-refractivity contribution < 1.29 is 12.9 Å². The van der Waals surface area contributed by atoms with Gasteiger partial charge in [0.1, 0.15) is 0 Å². The minimum atomic E-state index is -3.94. The van der Waals surface area contributed by atoms with Crippen LogP contribution in [-0.2, 0) is 15.5 Å². The van der Waals surface area contributed by atoms with Crippen molar-refractivity contribution in [2.45, 2.75) is 99.3 Å². The molecule has 1 atom stereocenters. The normalized spacial score (nSPS) is 17.8. The van der Waals surface area contributed by atoms with E-state index in [4.69, 9.17) is 545 Å². The lowest BCUT2D eigenvalue weighted by Gasteiger charge is -2.59. The molecule has 0 saturated carbocycles. The van der Waals surface area contributed by atoms with E-state index in [9.17, 15) is 8.76 Å². The van der Waals surface area contributed by atoms with E-state index < -0.39 is 111 Å². The van der Waals surface area contributed by atoms with Crippen LogP contribution in [-0.4, -0.2) is 108 Å². The van der Waals surface area contributed by atoms with Gasteiger partial charge >= 0.3 is 0 Å². The van der Waals surface area contributed by atoms with Crippen molar-refractivity contribution in [2.75, 3.05) is 0 Å². The van der Waals surface area contributed by atoms with E-state index in [1.807, 2.05) is 0 Å². The molecule has 0 N–H and O–H groups in total. The van der Waals surface area contributed by atoms with Crippen LogP contribution in [0.4, 0.5) is 0 Å². The second kappa shape index (κ2) is 26.3. The molecular formula is C23Cl47O3S-. The van der Waals surface area contributed by atoms with Crippen molar-refractivity contribution in [3.8, 4) is 0 Å². The fourth-order valence-corrected chi connectivity index (χ4v) is 21.2. The summed E-state index contributed by atoms with van der Waals surface area (Å²) in [6.45, 7) is 0. The topological polar surface area (TPSA) is 49.4 Å². The molecule has 74 heavy (non-hydrogen) atoms. The van der Waals surface area contributed by atoms with Crippen LogP contribution in [0.15, 0.2) is 0 Å². The highest BCUT2D eigenvalue weighted by Crippen LogP contribution is 2.80. The van der Waals surface area contributed by atoms with E-state index in [0.29, 0.717) is 0 Å². The first kappa shape index (κ1) is 87.7. The summed E-state index contributed by atoms with van der Waals surface area (Å²) < 4.78 is -58.5. The lowest BCUT2D eigenvalue weighted by molar-refractivity contribution is 0.205. The second-order valence-electron chi connectivity index (χ2n) is 13.4.